The molecule has 18 heavy (non-hydrogen) atoms. The molecule has 3 rings (SSSR count). The van der Waals surface area contributed by atoms with E-state index in [1.807, 2.05) is 28.8 Å². The van der Waals surface area contributed by atoms with Crippen LogP contribution in [0, 0.1) is 0 Å². The number of hydrogen-bond donors (Lipinski definition) is 2. The Hall–Kier alpha value is -2.30. The molecule has 2 heterocycles. The van der Waals surface area contributed by atoms with Gasteiger partial charge in [-0.2, -0.15) is 0 Å². The zero-order valence-electron chi connectivity index (χ0n) is 10.2. The molecule has 5 heteroatoms. The monoisotopic (exact) mass is 241 g/mol. The second kappa shape index (κ2) is 3.87. The number of anilines is 2. The van der Waals surface area contributed by atoms with Gasteiger partial charge >= 0.3 is 0 Å². The van der Waals surface area contributed by atoms with Crippen molar-refractivity contribution in [2.45, 2.75) is 19.9 Å². The molecule has 5 nitrogen and oxygen atoms in total. The van der Waals surface area contributed by atoms with Crippen LogP contribution in [-0.2, 0) is 6.54 Å². The van der Waals surface area contributed by atoms with E-state index in [4.69, 9.17) is 11.5 Å². The fourth-order valence-electron chi connectivity index (χ4n) is 2.33. The molecule has 4 N–H and O–H groups in total. The van der Waals surface area contributed by atoms with E-state index in [2.05, 4.69) is 16.9 Å². The van der Waals surface area contributed by atoms with Crippen LogP contribution in [0.3, 0.4) is 0 Å². The Morgan fingerprint density at radius 3 is 2.72 bits per heavy atom. The first-order valence-electron chi connectivity index (χ1n) is 6.02. The van der Waals surface area contributed by atoms with Gasteiger partial charge in [-0.15, -0.1) is 0 Å². The van der Waals surface area contributed by atoms with Crippen molar-refractivity contribution in [3.8, 4) is 0 Å². The Bertz CT molecular complexity index is 729. The van der Waals surface area contributed by atoms with Crippen molar-refractivity contribution < 1.29 is 0 Å². The number of benzene rings is 1. The van der Waals surface area contributed by atoms with Crippen molar-refractivity contribution in [1.82, 2.24) is 14.5 Å². The van der Waals surface area contributed by atoms with E-state index >= 15 is 0 Å². The summed E-state index contributed by atoms with van der Waals surface area (Å²) < 4.78 is 2.01. The van der Waals surface area contributed by atoms with Gasteiger partial charge in [0, 0.05) is 11.9 Å². The Balaban J connectivity index is 2.51. The standard InChI is InChI=1S/C13H15N5/c1-2-7-18-11-8-5-3-4-6-9(8)16-12(14)10(11)17-13(18)15/h3-6H,2,7H2,1H3,(H2,14,16)(H2,15,17). The van der Waals surface area contributed by atoms with Crippen molar-refractivity contribution in [3.63, 3.8) is 0 Å². The van der Waals surface area contributed by atoms with Gasteiger partial charge in [-0.1, -0.05) is 25.1 Å². The van der Waals surface area contributed by atoms with Gasteiger partial charge in [0.15, 0.2) is 5.82 Å². The highest BCUT2D eigenvalue weighted by Crippen LogP contribution is 2.29. The van der Waals surface area contributed by atoms with Gasteiger partial charge in [-0.25, -0.2) is 9.97 Å². The highest BCUT2D eigenvalue weighted by molar-refractivity contribution is 6.07. The molecule has 0 aliphatic carbocycles. The molecular weight excluding hydrogens is 226 g/mol. The summed E-state index contributed by atoms with van der Waals surface area (Å²) in [4.78, 5) is 8.70. The van der Waals surface area contributed by atoms with Crippen LogP contribution in [0.1, 0.15) is 13.3 Å². The molecule has 0 aliphatic rings. The Morgan fingerprint density at radius 1 is 1.17 bits per heavy atom. The molecule has 2 aromatic heterocycles. The summed E-state index contributed by atoms with van der Waals surface area (Å²) in [7, 11) is 0. The number of nitrogen functional groups attached to an aromatic ring is 2. The summed E-state index contributed by atoms with van der Waals surface area (Å²) in [6.45, 7) is 2.94. The lowest BCUT2D eigenvalue weighted by molar-refractivity contribution is 0.708. The number of rotatable bonds is 2. The van der Waals surface area contributed by atoms with Gasteiger partial charge in [-0.3, -0.25) is 0 Å². The molecule has 0 amide bonds. The summed E-state index contributed by atoms with van der Waals surface area (Å²) in [5.74, 6) is 0.932. The second-order valence-corrected chi connectivity index (χ2v) is 4.33. The molecule has 0 unspecified atom stereocenters. The number of nitrogens with two attached hydrogens (primary N) is 2. The fraction of sp³-hybridized carbons (Fsp3) is 0.231. The van der Waals surface area contributed by atoms with E-state index in [-0.39, 0.29) is 0 Å². The number of aryl methyl sites for hydroxylation is 1. The maximum absolute atomic E-state index is 5.97. The molecule has 0 bridgehead atoms. The molecular formula is C13H15N5. The summed E-state index contributed by atoms with van der Waals surface area (Å²) in [6, 6.07) is 7.91. The minimum atomic E-state index is 0.435. The second-order valence-electron chi connectivity index (χ2n) is 4.33. The van der Waals surface area contributed by atoms with Gasteiger partial charge < -0.3 is 16.0 Å². The van der Waals surface area contributed by atoms with Crippen molar-refractivity contribution in [2.24, 2.45) is 0 Å². The van der Waals surface area contributed by atoms with Gasteiger partial charge in [0.25, 0.3) is 0 Å². The number of pyridine rings is 1. The highest BCUT2D eigenvalue weighted by atomic mass is 15.2. The predicted molar refractivity (Wildman–Crippen MR) is 74.1 cm³/mol. The largest absolute Gasteiger partial charge is 0.382 e. The number of fused-ring (bicyclic) bond motifs is 3. The Kier molecular flexibility index (Phi) is 2.33. The third-order valence-electron chi connectivity index (χ3n) is 3.09. The normalized spacial score (nSPS) is 11.4. The zero-order chi connectivity index (χ0) is 12.7. The van der Waals surface area contributed by atoms with Gasteiger partial charge in [0.1, 0.15) is 5.52 Å². The zero-order valence-corrected chi connectivity index (χ0v) is 10.2. The average molecular weight is 241 g/mol. The molecule has 1 aromatic carbocycles. The van der Waals surface area contributed by atoms with Crippen LogP contribution in [0.15, 0.2) is 24.3 Å². The van der Waals surface area contributed by atoms with Crippen LogP contribution < -0.4 is 11.5 Å². The minimum Gasteiger partial charge on any atom is -0.382 e. The van der Waals surface area contributed by atoms with Crippen LogP contribution in [0.4, 0.5) is 11.8 Å². The third kappa shape index (κ3) is 1.40. The van der Waals surface area contributed by atoms with Crippen LogP contribution in [0.25, 0.3) is 21.9 Å². The van der Waals surface area contributed by atoms with E-state index in [1.165, 1.54) is 0 Å². The molecule has 3 aromatic rings. The lowest BCUT2D eigenvalue weighted by atomic mass is 10.2. The van der Waals surface area contributed by atoms with Crippen LogP contribution in [0.2, 0.25) is 0 Å². The molecule has 0 fully saturated rings. The maximum atomic E-state index is 5.97. The van der Waals surface area contributed by atoms with Gasteiger partial charge in [0.2, 0.25) is 5.95 Å². The van der Waals surface area contributed by atoms with Crippen molar-refractivity contribution in [3.05, 3.63) is 24.3 Å². The molecule has 92 valence electrons. The first kappa shape index (κ1) is 10.8. The van der Waals surface area contributed by atoms with E-state index < -0.39 is 0 Å². The molecule has 0 spiro atoms. The van der Waals surface area contributed by atoms with E-state index in [0.717, 1.165) is 29.4 Å². The Labute approximate surface area is 104 Å². The molecule has 0 saturated heterocycles. The fourth-order valence-corrected chi connectivity index (χ4v) is 2.33. The van der Waals surface area contributed by atoms with Crippen LogP contribution in [0.5, 0.6) is 0 Å². The SMILES string of the molecule is CCCn1c(N)nc2c(N)nc3ccccc3c21. The summed E-state index contributed by atoms with van der Waals surface area (Å²) >= 11 is 0. The number of hydrogen-bond acceptors (Lipinski definition) is 4. The van der Waals surface area contributed by atoms with E-state index in [9.17, 15) is 0 Å². The van der Waals surface area contributed by atoms with Crippen molar-refractivity contribution >= 4 is 33.7 Å². The first-order valence-corrected chi connectivity index (χ1v) is 6.02. The number of nitrogens with zero attached hydrogens (tertiary/aromatic N) is 3. The van der Waals surface area contributed by atoms with Crippen molar-refractivity contribution in [2.75, 3.05) is 11.5 Å². The molecule has 0 saturated carbocycles. The summed E-state index contributed by atoms with van der Waals surface area (Å²) in [5.41, 5.74) is 14.5. The average Bonchev–Trinajstić information content (AvgIpc) is 2.69. The van der Waals surface area contributed by atoms with E-state index in [1.54, 1.807) is 0 Å². The summed E-state index contributed by atoms with van der Waals surface area (Å²) in [5, 5.41) is 1.04. The molecule has 0 aliphatic heterocycles. The smallest absolute Gasteiger partial charge is 0.201 e. The summed E-state index contributed by atoms with van der Waals surface area (Å²) in [6.07, 6.45) is 0.992. The van der Waals surface area contributed by atoms with Crippen LogP contribution in [-0.4, -0.2) is 14.5 Å². The van der Waals surface area contributed by atoms with Crippen LogP contribution >= 0.6 is 0 Å². The lowest BCUT2D eigenvalue weighted by Gasteiger charge is -2.07. The highest BCUT2D eigenvalue weighted by Gasteiger charge is 2.14. The number of para-hydroxylation sites is 1. The van der Waals surface area contributed by atoms with Gasteiger partial charge in [-0.05, 0) is 12.5 Å². The minimum absolute atomic E-state index is 0.435. The van der Waals surface area contributed by atoms with Gasteiger partial charge in [0.05, 0.1) is 11.0 Å². The molecule has 0 radical (unpaired) electrons. The number of imidazole rings is 1. The first-order chi connectivity index (χ1) is 8.72. The third-order valence-corrected chi connectivity index (χ3v) is 3.09. The Morgan fingerprint density at radius 2 is 1.94 bits per heavy atom. The predicted octanol–water partition coefficient (Wildman–Crippen LogP) is 2.16. The number of aromatic nitrogens is 3. The van der Waals surface area contributed by atoms with Crippen molar-refractivity contribution in [1.29, 1.82) is 0 Å². The lowest BCUT2D eigenvalue weighted by Crippen LogP contribution is -2.03. The molecule has 0 atom stereocenters. The quantitative estimate of drug-likeness (QED) is 0.720. The van der Waals surface area contributed by atoms with E-state index in [0.29, 0.717) is 17.3 Å². The topological polar surface area (TPSA) is 82.8 Å². The maximum Gasteiger partial charge on any atom is 0.201 e.